The molecule has 4 atom stereocenters. The molecule has 0 aliphatic heterocycles. The number of hydrogen-bond donors (Lipinski definition) is 1. The van der Waals surface area contributed by atoms with E-state index in [0.29, 0.717) is 29.3 Å². The van der Waals surface area contributed by atoms with Gasteiger partial charge < -0.3 is 10.6 Å². The lowest BCUT2D eigenvalue weighted by atomic mass is 9.67. The summed E-state index contributed by atoms with van der Waals surface area (Å²) in [6.07, 6.45) is 3.98. The minimum atomic E-state index is 0.430. The Balaban J connectivity index is 2.80. The van der Waals surface area contributed by atoms with Gasteiger partial charge in [-0.2, -0.15) is 0 Å². The Bertz CT molecular complexity index is 267. The summed E-state index contributed by atoms with van der Waals surface area (Å²) in [5.41, 5.74) is 6.47. The third kappa shape index (κ3) is 4.19. The second-order valence-corrected chi connectivity index (χ2v) is 8.09. The topological polar surface area (TPSA) is 29.3 Å². The van der Waals surface area contributed by atoms with Crippen LogP contribution in [-0.2, 0) is 0 Å². The fourth-order valence-electron chi connectivity index (χ4n) is 3.54. The van der Waals surface area contributed by atoms with Crippen molar-refractivity contribution in [3.8, 4) is 0 Å². The summed E-state index contributed by atoms with van der Waals surface area (Å²) in [7, 11) is 2.31. The van der Waals surface area contributed by atoms with Crippen molar-refractivity contribution in [1.29, 1.82) is 0 Å². The van der Waals surface area contributed by atoms with Gasteiger partial charge in [-0.1, -0.05) is 34.6 Å². The molecule has 0 saturated heterocycles. The molecule has 114 valence electrons. The Morgan fingerprint density at radius 1 is 1.16 bits per heavy atom. The van der Waals surface area contributed by atoms with Crippen molar-refractivity contribution < 1.29 is 0 Å². The largest absolute Gasteiger partial charge is 0.330 e. The monoisotopic (exact) mass is 268 g/mol. The van der Waals surface area contributed by atoms with Crippen LogP contribution in [0.3, 0.4) is 0 Å². The number of nitrogens with zero attached hydrogens (tertiary/aromatic N) is 1. The Labute approximate surface area is 121 Å². The predicted octanol–water partition coefficient (Wildman–Crippen LogP) is 3.75. The Kier molecular flexibility index (Phi) is 5.88. The molecule has 1 aliphatic carbocycles. The molecular formula is C17H36N2. The van der Waals surface area contributed by atoms with Gasteiger partial charge >= 0.3 is 0 Å². The predicted molar refractivity (Wildman–Crippen MR) is 85.2 cm³/mol. The smallest absolute Gasteiger partial charge is 0.0138 e. The molecule has 0 bridgehead atoms. The molecule has 1 aliphatic rings. The number of nitrogens with two attached hydrogens (primary N) is 1. The van der Waals surface area contributed by atoms with E-state index < -0.39 is 0 Å². The highest BCUT2D eigenvalue weighted by molar-refractivity contribution is 4.91. The molecule has 0 aromatic heterocycles. The van der Waals surface area contributed by atoms with E-state index in [9.17, 15) is 0 Å². The maximum absolute atomic E-state index is 6.04. The third-order valence-corrected chi connectivity index (χ3v) is 5.61. The Morgan fingerprint density at radius 2 is 1.74 bits per heavy atom. The van der Waals surface area contributed by atoms with Crippen molar-refractivity contribution in [3.63, 3.8) is 0 Å². The van der Waals surface area contributed by atoms with Crippen LogP contribution in [0.25, 0.3) is 0 Å². The van der Waals surface area contributed by atoms with Gasteiger partial charge in [-0.15, -0.1) is 0 Å². The van der Waals surface area contributed by atoms with Crippen LogP contribution < -0.4 is 5.73 Å². The van der Waals surface area contributed by atoms with E-state index in [4.69, 9.17) is 5.73 Å². The molecule has 1 rings (SSSR count). The van der Waals surface area contributed by atoms with Crippen molar-refractivity contribution in [1.82, 2.24) is 4.90 Å². The van der Waals surface area contributed by atoms with Gasteiger partial charge in [0.2, 0.25) is 0 Å². The van der Waals surface area contributed by atoms with Crippen LogP contribution in [-0.4, -0.2) is 30.6 Å². The zero-order valence-electron chi connectivity index (χ0n) is 14.2. The molecule has 19 heavy (non-hydrogen) atoms. The normalized spacial score (nSPS) is 30.9. The number of hydrogen-bond acceptors (Lipinski definition) is 2. The van der Waals surface area contributed by atoms with Crippen LogP contribution in [0.1, 0.15) is 60.8 Å². The minimum Gasteiger partial charge on any atom is -0.330 e. The number of rotatable bonds is 4. The zero-order chi connectivity index (χ0) is 14.8. The first-order chi connectivity index (χ1) is 8.68. The van der Waals surface area contributed by atoms with Crippen molar-refractivity contribution in [3.05, 3.63) is 0 Å². The molecule has 0 aromatic rings. The maximum Gasteiger partial charge on any atom is 0.0138 e. The van der Waals surface area contributed by atoms with E-state index in [0.717, 1.165) is 12.5 Å². The van der Waals surface area contributed by atoms with Crippen LogP contribution in [0.2, 0.25) is 0 Å². The quantitative estimate of drug-likeness (QED) is 0.841. The zero-order valence-corrected chi connectivity index (χ0v) is 14.2. The van der Waals surface area contributed by atoms with Crippen LogP contribution >= 0.6 is 0 Å². The van der Waals surface area contributed by atoms with E-state index in [1.54, 1.807) is 0 Å². The lowest BCUT2D eigenvalue weighted by molar-refractivity contribution is 0.0300. The van der Waals surface area contributed by atoms with Gasteiger partial charge in [0.25, 0.3) is 0 Å². The average Bonchev–Trinajstić information content (AvgIpc) is 2.34. The van der Waals surface area contributed by atoms with Crippen LogP contribution in [0.5, 0.6) is 0 Å². The molecule has 0 radical (unpaired) electrons. The van der Waals surface area contributed by atoms with E-state index >= 15 is 0 Å². The first kappa shape index (κ1) is 17.0. The second kappa shape index (κ2) is 6.58. The molecule has 1 saturated carbocycles. The molecular weight excluding hydrogens is 232 g/mol. The molecule has 2 nitrogen and oxygen atoms in total. The molecule has 4 unspecified atom stereocenters. The lowest BCUT2D eigenvalue weighted by Crippen LogP contribution is -2.51. The summed E-state index contributed by atoms with van der Waals surface area (Å²) in [5, 5.41) is 0. The lowest BCUT2D eigenvalue weighted by Gasteiger charge is -2.47. The molecule has 2 heteroatoms. The highest BCUT2D eigenvalue weighted by atomic mass is 15.2. The summed E-state index contributed by atoms with van der Waals surface area (Å²) in [4.78, 5) is 2.61. The van der Waals surface area contributed by atoms with Crippen LogP contribution in [0.15, 0.2) is 0 Å². The Hall–Kier alpha value is -0.0800. The van der Waals surface area contributed by atoms with E-state index in [-0.39, 0.29) is 0 Å². The van der Waals surface area contributed by atoms with Gasteiger partial charge in [-0.05, 0) is 62.9 Å². The highest BCUT2D eigenvalue weighted by Gasteiger charge is 2.38. The van der Waals surface area contributed by atoms with Crippen LogP contribution in [0, 0.1) is 23.2 Å². The molecule has 0 aromatic carbocycles. The second-order valence-electron chi connectivity index (χ2n) is 8.09. The minimum absolute atomic E-state index is 0.430. The first-order valence-electron chi connectivity index (χ1n) is 8.10. The molecule has 0 heterocycles. The highest BCUT2D eigenvalue weighted by Crippen LogP contribution is 2.41. The summed E-state index contributed by atoms with van der Waals surface area (Å²) in [6, 6.07) is 1.30. The van der Waals surface area contributed by atoms with Crippen molar-refractivity contribution >= 4 is 0 Å². The summed E-state index contributed by atoms with van der Waals surface area (Å²) >= 11 is 0. The molecule has 0 amide bonds. The summed E-state index contributed by atoms with van der Waals surface area (Å²) < 4.78 is 0. The van der Waals surface area contributed by atoms with Gasteiger partial charge in [-0.3, -0.25) is 0 Å². The van der Waals surface area contributed by atoms with Gasteiger partial charge in [-0.25, -0.2) is 0 Å². The average molecular weight is 268 g/mol. The fourth-order valence-corrected chi connectivity index (χ4v) is 3.54. The summed E-state index contributed by atoms with van der Waals surface area (Å²) in [6.45, 7) is 15.0. The standard InChI is InChI=1S/C17H36N2/c1-12(2)13(3)19(7)16-10-15(17(4,5)6)9-8-14(16)11-18/h12-16H,8-11,18H2,1-7H3. The first-order valence-corrected chi connectivity index (χ1v) is 8.10. The SMILES string of the molecule is CC(C)C(C)N(C)C1CC(C(C)(C)C)CCC1CN. The van der Waals surface area contributed by atoms with Crippen molar-refractivity contribution in [2.24, 2.45) is 28.9 Å². The van der Waals surface area contributed by atoms with Crippen LogP contribution in [0.4, 0.5) is 0 Å². The van der Waals surface area contributed by atoms with Gasteiger partial charge in [0.1, 0.15) is 0 Å². The maximum atomic E-state index is 6.04. The van der Waals surface area contributed by atoms with E-state index in [1.165, 1.54) is 19.3 Å². The van der Waals surface area contributed by atoms with E-state index in [1.807, 2.05) is 0 Å². The molecule has 0 spiro atoms. The molecule has 1 fully saturated rings. The fraction of sp³-hybridized carbons (Fsp3) is 1.00. The third-order valence-electron chi connectivity index (χ3n) is 5.61. The Morgan fingerprint density at radius 3 is 2.16 bits per heavy atom. The van der Waals surface area contributed by atoms with E-state index in [2.05, 4.69) is 53.5 Å². The summed E-state index contributed by atoms with van der Waals surface area (Å²) in [5.74, 6) is 2.23. The van der Waals surface area contributed by atoms with Gasteiger partial charge in [0.05, 0.1) is 0 Å². The van der Waals surface area contributed by atoms with Gasteiger partial charge in [0, 0.05) is 12.1 Å². The van der Waals surface area contributed by atoms with Gasteiger partial charge in [0.15, 0.2) is 0 Å². The van der Waals surface area contributed by atoms with Crippen molar-refractivity contribution in [2.45, 2.75) is 72.9 Å². The molecule has 2 N–H and O–H groups in total. The van der Waals surface area contributed by atoms with Crippen molar-refractivity contribution in [2.75, 3.05) is 13.6 Å².